The summed E-state index contributed by atoms with van der Waals surface area (Å²) in [7, 11) is 0. The third-order valence-corrected chi connectivity index (χ3v) is 4.57. The third kappa shape index (κ3) is 2.33. The Bertz CT molecular complexity index is 573. The fourth-order valence-corrected chi connectivity index (χ4v) is 3.47. The highest BCUT2D eigenvalue weighted by molar-refractivity contribution is 6.00. The number of benzene rings is 1. The van der Waals surface area contributed by atoms with Crippen molar-refractivity contribution in [2.75, 3.05) is 24.5 Å². The Morgan fingerprint density at radius 2 is 1.81 bits per heavy atom. The van der Waals surface area contributed by atoms with Gasteiger partial charge in [-0.05, 0) is 56.4 Å². The van der Waals surface area contributed by atoms with Crippen LogP contribution in [0.25, 0.3) is 0 Å². The summed E-state index contributed by atoms with van der Waals surface area (Å²) in [5.41, 5.74) is 4.21. The van der Waals surface area contributed by atoms with E-state index >= 15 is 0 Å². The van der Waals surface area contributed by atoms with E-state index in [0.29, 0.717) is 6.42 Å². The zero-order chi connectivity index (χ0) is 15.0. The minimum Gasteiger partial charge on any atom is -0.339 e. The van der Waals surface area contributed by atoms with Crippen molar-refractivity contribution in [3.8, 4) is 0 Å². The lowest BCUT2D eigenvalue weighted by Gasteiger charge is -2.35. The normalized spacial score (nSPS) is 16.7. The molecule has 0 fully saturated rings. The molecule has 2 heterocycles. The molecule has 1 aromatic carbocycles. The van der Waals surface area contributed by atoms with Crippen LogP contribution < -0.4 is 4.90 Å². The maximum absolute atomic E-state index is 12.6. The number of carbonyl (C=O) groups excluding carboxylic acids is 2. The van der Waals surface area contributed by atoms with Gasteiger partial charge in [-0.3, -0.25) is 9.59 Å². The van der Waals surface area contributed by atoms with E-state index in [0.717, 1.165) is 50.1 Å². The first kappa shape index (κ1) is 14.1. The van der Waals surface area contributed by atoms with Crippen LogP contribution >= 0.6 is 0 Å². The number of nitrogens with zero attached hydrogens (tertiary/aromatic N) is 2. The number of carbonyl (C=O) groups is 2. The van der Waals surface area contributed by atoms with Crippen LogP contribution in [0.15, 0.2) is 12.1 Å². The van der Waals surface area contributed by atoms with Gasteiger partial charge < -0.3 is 9.80 Å². The van der Waals surface area contributed by atoms with E-state index in [-0.39, 0.29) is 11.8 Å². The lowest BCUT2D eigenvalue weighted by Crippen LogP contribution is -2.39. The molecule has 0 aliphatic carbocycles. The maximum Gasteiger partial charge on any atom is 0.253 e. The van der Waals surface area contributed by atoms with Gasteiger partial charge in [0.2, 0.25) is 5.91 Å². The van der Waals surface area contributed by atoms with Crippen LogP contribution in [0.5, 0.6) is 0 Å². The summed E-state index contributed by atoms with van der Waals surface area (Å²) in [5.74, 6) is 0.333. The number of hydrogen-bond acceptors (Lipinski definition) is 2. The number of anilines is 1. The predicted molar refractivity (Wildman–Crippen MR) is 82.7 cm³/mol. The Labute approximate surface area is 125 Å². The smallest absolute Gasteiger partial charge is 0.253 e. The molecular weight excluding hydrogens is 264 g/mol. The SMILES string of the molecule is CCN(CC)C(=O)c1cc2c3c(c1)CCC(=O)N3CCC2. The Balaban J connectivity index is 2.04. The van der Waals surface area contributed by atoms with Gasteiger partial charge in [-0.2, -0.15) is 0 Å². The van der Waals surface area contributed by atoms with Crippen LogP contribution in [0.3, 0.4) is 0 Å². The van der Waals surface area contributed by atoms with Gasteiger partial charge in [0.15, 0.2) is 0 Å². The summed E-state index contributed by atoms with van der Waals surface area (Å²) in [5, 5.41) is 0. The van der Waals surface area contributed by atoms with E-state index in [1.54, 1.807) is 0 Å². The molecule has 0 spiro atoms. The van der Waals surface area contributed by atoms with Crippen molar-refractivity contribution in [3.63, 3.8) is 0 Å². The van der Waals surface area contributed by atoms with Crippen LogP contribution in [0.4, 0.5) is 5.69 Å². The first-order valence-corrected chi connectivity index (χ1v) is 7.91. The lowest BCUT2D eigenvalue weighted by molar-refractivity contribution is -0.119. The fraction of sp³-hybridized carbons (Fsp3) is 0.529. The van der Waals surface area contributed by atoms with Crippen molar-refractivity contribution in [2.45, 2.75) is 39.5 Å². The first-order valence-electron chi connectivity index (χ1n) is 7.91. The second-order valence-corrected chi connectivity index (χ2v) is 5.77. The summed E-state index contributed by atoms with van der Waals surface area (Å²) in [6, 6.07) is 4.01. The van der Waals surface area contributed by atoms with E-state index in [2.05, 4.69) is 0 Å². The Morgan fingerprint density at radius 3 is 2.48 bits per heavy atom. The van der Waals surface area contributed by atoms with Gasteiger partial charge in [0, 0.05) is 31.6 Å². The van der Waals surface area contributed by atoms with Crippen molar-refractivity contribution in [3.05, 3.63) is 28.8 Å². The zero-order valence-corrected chi connectivity index (χ0v) is 12.8. The average molecular weight is 286 g/mol. The van der Waals surface area contributed by atoms with Gasteiger partial charge in [-0.1, -0.05) is 0 Å². The highest BCUT2D eigenvalue weighted by Crippen LogP contribution is 2.36. The van der Waals surface area contributed by atoms with Crippen molar-refractivity contribution >= 4 is 17.5 Å². The molecule has 4 nitrogen and oxygen atoms in total. The number of hydrogen-bond donors (Lipinski definition) is 0. The van der Waals surface area contributed by atoms with Crippen LogP contribution in [0.1, 0.15) is 48.2 Å². The standard InChI is InChI=1S/C17H22N2O2/c1-3-18(4-2)17(21)14-10-12-6-5-9-19-15(20)8-7-13(11-14)16(12)19/h10-11H,3-9H2,1-2H3. The van der Waals surface area contributed by atoms with Gasteiger partial charge in [0.05, 0.1) is 5.69 Å². The molecule has 0 bridgehead atoms. The quantitative estimate of drug-likeness (QED) is 0.856. The maximum atomic E-state index is 12.6. The number of rotatable bonds is 3. The first-order chi connectivity index (χ1) is 10.2. The van der Waals surface area contributed by atoms with Crippen molar-refractivity contribution in [1.82, 2.24) is 4.90 Å². The minimum absolute atomic E-state index is 0.105. The average Bonchev–Trinajstić information content (AvgIpc) is 2.51. The molecule has 0 saturated heterocycles. The molecule has 0 aromatic heterocycles. The summed E-state index contributed by atoms with van der Waals surface area (Å²) in [4.78, 5) is 28.4. The van der Waals surface area contributed by atoms with Crippen molar-refractivity contribution in [1.29, 1.82) is 0 Å². The molecule has 0 unspecified atom stereocenters. The molecule has 0 radical (unpaired) electrons. The second kappa shape index (κ2) is 5.51. The zero-order valence-electron chi connectivity index (χ0n) is 12.8. The Kier molecular flexibility index (Phi) is 3.70. The van der Waals surface area contributed by atoms with E-state index in [9.17, 15) is 9.59 Å². The highest BCUT2D eigenvalue weighted by atomic mass is 16.2. The van der Waals surface area contributed by atoms with Crippen molar-refractivity contribution < 1.29 is 9.59 Å². The molecule has 4 heteroatoms. The molecule has 112 valence electrons. The fourth-order valence-electron chi connectivity index (χ4n) is 3.47. The molecule has 3 rings (SSSR count). The molecule has 21 heavy (non-hydrogen) atoms. The van der Waals surface area contributed by atoms with E-state index in [4.69, 9.17) is 0 Å². The summed E-state index contributed by atoms with van der Waals surface area (Å²) >= 11 is 0. The highest BCUT2D eigenvalue weighted by Gasteiger charge is 2.30. The van der Waals surface area contributed by atoms with Crippen LogP contribution in [0, 0.1) is 0 Å². The lowest BCUT2D eigenvalue weighted by atomic mass is 9.89. The van der Waals surface area contributed by atoms with Gasteiger partial charge in [-0.25, -0.2) is 0 Å². The number of amides is 2. The Hall–Kier alpha value is -1.84. The van der Waals surface area contributed by atoms with Crippen LogP contribution in [0.2, 0.25) is 0 Å². The largest absolute Gasteiger partial charge is 0.339 e. The molecule has 2 aliphatic rings. The minimum atomic E-state index is 0.105. The van der Waals surface area contributed by atoms with Gasteiger partial charge in [0.1, 0.15) is 0 Å². The van der Waals surface area contributed by atoms with Gasteiger partial charge in [-0.15, -0.1) is 0 Å². The third-order valence-electron chi connectivity index (χ3n) is 4.57. The molecule has 1 aromatic rings. The van der Waals surface area contributed by atoms with E-state index in [1.807, 2.05) is 35.8 Å². The molecule has 0 saturated carbocycles. The molecule has 0 N–H and O–H groups in total. The van der Waals surface area contributed by atoms with Gasteiger partial charge in [0.25, 0.3) is 5.91 Å². The molecule has 2 aliphatic heterocycles. The number of aryl methyl sites for hydroxylation is 2. The second-order valence-electron chi connectivity index (χ2n) is 5.77. The summed E-state index contributed by atoms with van der Waals surface area (Å²) in [6.45, 7) is 6.29. The van der Waals surface area contributed by atoms with Crippen LogP contribution in [-0.2, 0) is 17.6 Å². The predicted octanol–water partition coefficient (Wildman–Crippen LogP) is 2.39. The van der Waals surface area contributed by atoms with E-state index < -0.39 is 0 Å². The van der Waals surface area contributed by atoms with Crippen LogP contribution in [-0.4, -0.2) is 36.3 Å². The van der Waals surface area contributed by atoms with E-state index in [1.165, 1.54) is 11.1 Å². The monoisotopic (exact) mass is 286 g/mol. The molecule has 0 atom stereocenters. The van der Waals surface area contributed by atoms with Gasteiger partial charge >= 0.3 is 0 Å². The topological polar surface area (TPSA) is 40.6 Å². The Morgan fingerprint density at radius 1 is 1.14 bits per heavy atom. The summed E-state index contributed by atoms with van der Waals surface area (Å²) < 4.78 is 0. The molecule has 2 amide bonds. The molecular formula is C17H22N2O2. The summed E-state index contributed by atoms with van der Waals surface area (Å²) in [6.07, 6.45) is 3.28. The van der Waals surface area contributed by atoms with Crippen molar-refractivity contribution in [2.24, 2.45) is 0 Å².